The molecule has 0 aromatic heterocycles. The van der Waals surface area contributed by atoms with Crippen LogP contribution in [0.1, 0.15) is 31.7 Å². The van der Waals surface area contributed by atoms with E-state index >= 15 is 0 Å². The van der Waals surface area contributed by atoms with Gasteiger partial charge in [0.1, 0.15) is 0 Å². The Bertz CT molecular complexity index is 739. The van der Waals surface area contributed by atoms with E-state index in [0.717, 1.165) is 37.9 Å². The van der Waals surface area contributed by atoms with Gasteiger partial charge in [-0.3, -0.25) is 9.59 Å². The van der Waals surface area contributed by atoms with Crippen molar-refractivity contribution >= 4 is 29.5 Å². The van der Waals surface area contributed by atoms with Gasteiger partial charge in [0.25, 0.3) is 0 Å². The minimum Gasteiger partial charge on any atom is -0.491 e. The van der Waals surface area contributed by atoms with E-state index in [1.54, 1.807) is 18.2 Å². The molecule has 0 radical (unpaired) electrons. The van der Waals surface area contributed by atoms with Crippen molar-refractivity contribution < 1.29 is 19.1 Å². The molecule has 7 nitrogen and oxygen atoms in total. The maximum atomic E-state index is 12.1. The Balaban J connectivity index is 1.79. The van der Waals surface area contributed by atoms with Crippen molar-refractivity contribution in [2.45, 2.75) is 26.2 Å². The summed E-state index contributed by atoms with van der Waals surface area (Å²) in [6.07, 6.45) is 5.82. The largest absolute Gasteiger partial charge is 0.491 e. The molecular weight excluding hydrogens is 394 g/mol. The molecule has 1 aromatic carbocycles. The summed E-state index contributed by atoms with van der Waals surface area (Å²) >= 11 is 6.22. The zero-order valence-corrected chi connectivity index (χ0v) is 17.8. The summed E-state index contributed by atoms with van der Waals surface area (Å²) in [7, 11) is 1.53. The van der Waals surface area contributed by atoms with E-state index in [1.165, 1.54) is 13.2 Å². The highest BCUT2D eigenvalue weighted by Gasteiger charge is 2.23. The number of hydrogen-bond acceptors (Lipinski definition) is 5. The minimum atomic E-state index is -0.223. The number of likely N-dealkylation sites (tertiary alicyclic amines) is 1. The number of primary amides is 1. The summed E-state index contributed by atoms with van der Waals surface area (Å²) in [6, 6.07) is 3.50. The molecule has 1 fully saturated rings. The Morgan fingerprint density at radius 1 is 1.41 bits per heavy atom. The Labute approximate surface area is 177 Å². The van der Waals surface area contributed by atoms with Crippen LogP contribution in [-0.4, -0.2) is 56.6 Å². The number of piperidine rings is 1. The molecule has 1 aromatic rings. The zero-order valence-electron chi connectivity index (χ0n) is 17.1. The number of amides is 2. The second-order valence-corrected chi connectivity index (χ2v) is 7.39. The van der Waals surface area contributed by atoms with E-state index < -0.39 is 0 Å². The summed E-state index contributed by atoms with van der Waals surface area (Å²) < 4.78 is 10.8. The van der Waals surface area contributed by atoms with Gasteiger partial charge in [-0.1, -0.05) is 11.6 Å². The maximum Gasteiger partial charge on any atom is 0.243 e. The van der Waals surface area contributed by atoms with Gasteiger partial charge in [0, 0.05) is 19.2 Å². The van der Waals surface area contributed by atoms with Crippen LogP contribution in [0.2, 0.25) is 5.02 Å². The Hall–Kier alpha value is -2.25. The number of nitrogens with zero attached hydrogens (tertiary/aromatic N) is 1. The second kappa shape index (κ2) is 11.7. The molecule has 29 heavy (non-hydrogen) atoms. The normalized spacial score (nSPS) is 17.3. The fourth-order valence-corrected chi connectivity index (χ4v) is 3.68. The first-order valence-corrected chi connectivity index (χ1v) is 10.3. The van der Waals surface area contributed by atoms with Crippen LogP contribution in [0, 0.1) is 5.92 Å². The first kappa shape index (κ1) is 23.0. The summed E-state index contributed by atoms with van der Waals surface area (Å²) in [5.41, 5.74) is 6.15. The van der Waals surface area contributed by atoms with Crippen LogP contribution in [0.25, 0.3) is 6.08 Å². The summed E-state index contributed by atoms with van der Waals surface area (Å²) in [6.45, 7) is 5.44. The number of nitrogens with one attached hydrogen (secondary N) is 1. The Morgan fingerprint density at radius 3 is 2.90 bits per heavy atom. The smallest absolute Gasteiger partial charge is 0.243 e. The van der Waals surface area contributed by atoms with Crippen LogP contribution in [0.15, 0.2) is 18.2 Å². The Kier molecular flexibility index (Phi) is 9.28. The van der Waals surface area contributed by atoms with Crippen molar-refractivity contribution in [3.05, 3.63) is 28.8 Å². The molecule has 0 spiro atoms. The topological polar surface area (TPSA) is 93.9 Å². The molecule has 160 valence electrons. The molecule has 1 saturated heterocycles. The number of methoxy groups -OCH3 is 1. The minimum absolute atomic E-state index is 0.0563. The standard InChI is InChI=1S/C21H30ClN3O4/c1-3-29-18-13-15(12-17(22)20(18)28-2)7-8-19(26)24-9-5-11-25-10-4-6-16(14-25)21(23)27/h7-8,12-13,16H,3-6,9-11,14H2,1-2H3,(H2,23,27)(H,24,26)/b8-7+. The molecule has 0 saturated carbocycles. The first-order valence-electron chi connectivity index (χ1n) is 9.92. The van der Waals surface area contributed by atoms with Gasteiger partial charge in [-0.05, 0) is 63.0 Å². The molecule has 1 aliphatic heterocycles. The molecule has 0 bridgehead atoms. The highest BCUT2D eigenvalue weighted by molar-refractivity contribution is 6.32. The lowest BCUT2D eigenvalue weighted by molar-refractivity contribution is -0.123. The van der Waals surface area contributed by atoms with Crippen molar-refractivity contribution in [1.29, 1.82) is 0 Å². The van der Waals surface area contributed by atoms with E-state index in [2.05, 4.69) is 10.2 Å². The van der Waals surface area contributed by atoms with Crippen LogP contribution in [0.4, 0.5) is 0 Å². The van der Waals surface area contributed by atoms with Gasteiger partial charge < -0.3 is 25.4 Å². The number of rotatable bonds is 10. The number of ether oxygens (including phenoxy) is 2. The van der Waals surface area contributed by atoms with E-state index in [4.69, 9.17) is 26.8 Å². The van der Waals surface area contributed by atoms with Gasteiger partial charge in [-0.15, -0.1) is 0 Å². The average molecular weight is 424 g/mol. The van der Waals surface area contributed by atoms with Gasteiger partial charge >= 0.3 is 0 Å². The number of nitrogens with two attached hydrogens (primary N) is 1. The number of halogens is 1. The molecular formula is C21H30ClN3O4. The third-order valence-corrected chi connectivity index (χ3v) is 5.10. The first-order chi connectivity index (χ1) is 13.9. The van der Waals surface area contributed by atoms with Gasteiger partial charge in [0.15, 0.2) is 11.5 Å². The Morgan fingerprint density at radius 2 is 2.21 bits per heavy atom. The van der Waals surface area contributed by atoms with Crippen LogP contribution in [-0.2, 0) is 9.59 Å². The third-order valence-electron chi connectivity index (χ3n) is 4.82. The van der Waals surface area contributed by atoms with Crippen molar-refractivity contribution in [3.8, 4) is 11.5 Å². The highest BCUT2D eigenvalue weighted by Crippen LogP contribution is 2.36. The van der Waals surface area contributed by atoms with Crippen LogP contribution in [0.5, 0.6) is 11.5 Å². The lowest BCUT2D eigenvalue weighted by atomic mass is 9.97. The molecule has 1 aliphatic rings. The van der Waals surface area contributed by atoms with Crippen molar-refractivity contribution in [3.63, 3.8) is 0 Å². The molecule has 1 heterocycles. The van der Waals surface area contributed by atoms with E-state index in [1.807, 2.05) is 6.92 Å². The molecule has 2 amide bonds. The van der Waals surface area contributed by atoms with Crippen LogP contribution >= 0.6 is 11.6 Å². The van der Waals surface area contributed by atoms with Gasteiger partial charge in [0.2, 0.25) is 11.8 Å². The third kappa shape index (κ3) is 7.25. The molecule has 1 atom stereocenters. The predicted molar refractivity (Wildman–Crippen MR) is 114 cm³/mol. The average Bonchev–Trinajstić information content (AvgIpc) is 2.70. The number of carbonyl (C=O) groups is 2. The van der Waals surface area contributed by atoms with Gasteiger partial charge in [-0.2, -0.15) is 0 Å². The maximum absolute atomic E-state index is 12.1. The summed E-state index contributed by atoms with van der Waals surface area (Å²) in [5, 5.41) is 3.30. The van der Waals surface area contributed by atoms with E-state index in [0.29, 0.717) is 36.2 Å². The summed E-state index contributed by atoms with van der Waals surface area (Å²) in [4.78, 5) is 25.6. The van der Waals surface area contributed by atoms with Crippen molar-refractivity contribution in [2.24, 2.45) is 11.7 Å². The second-order valence-electron chi connectivity index (χ2n) is 6.99. The number of benzene rings is 1. The van der Waals surface area contributed by atoms with Crippen LogP contribution < -0.4 is 20.5 Å². The lowest BCUT2D eigenvalue weighted by Gasteiger charge is -2.31. The predicted octanol–water partition coefficient (Wildman–Crippen LogP) is 2.46. The number of hydrogen-bond donors (Lipinski definition) is 2. The van der Waals surface area contributed by atoms with Crippen molar-refractivity contribution in [2.75, 3.05) is 39.9 Å². The molecule has 0 aliphatic carbocycles. The fraction of sp³-hybridized carbons (Fsp3) is 0.524. The van der Waals surface area contributed by atoms with Gasteiger partial charge in [-0.25, -0.2) is 0 Å². The molecule has 8 heteroatoms. The van der Waals surface area contributed by atoms with E-state index in [-0.39, 0.29) is 17.7 Å². The van der Waals surface area contributed by atoms with E-state index in [9.17, 15) is 9.59 Å². The quantitative estimate of drug-likeness (QED) is 0.445. The monoisotopic (exact) mass is 423 g/mol. The molecule has 1 unspecified atom stereocenters. The highest BCUT2D eigenvalue weighted by atomic mass is 35.5. The number of carbonyl (C=O) groups excluding carboxylic acids is 2. The van der Waals surface area contributed by atoms with Crippen molar-refractivity contribution in [1.82, 2.24) is 10.2 Å². The molecule has 3 N–H and O–H groups in total. The van der Waals surface area contributed by atoms with Gasteiger partial charge in [0.05, 0.1) is 24.7 Å². The molecule has 2 rings (SSSR count). The SMILES string of the molecule is CCOc1cc(/C=C/C(=O)NCCCN2CCCC(C(N)=O)C2)cc(Cl)c1OC. The lowest BCUT2D eigenvalue weighted by Crippen LogP contribution is -2.42. The fourth-order valence-electron chi connectivity index (χ4n) is 3.38. The zero-order chi connectivity index (χ0) is 21.2. The van der Waals surface area contributed by atoms with Crippen LogP contribution in [0.3, 0.4) is 0 Å². The summed E-state index contributed by atoms with van der Waals surface area (Å²) in [5.74, 6) is 0.562.